The van der Waals surface area contributed by atoms with Gasteiger partial charge in [0, 0.05) is 24.9 Å². The molecule has 0 fully saturated rings. The molecule has 5 heteroatoms. The first-order valence-corrected chi connectivity index (χ1v) is 6.54. The largest absolute Gasteiger partial charge is 0.454 e. The molecule has 1 heterocycles. The molecule has 1 atom stereocenters. The van der Waals surface area contributed by atoms with Crippen molar-refractivity contribution in [2.75, 3.05) is 31.9 Å². The van der Waals surface area contributed by atoms with Gasteiger partial charge in [-0.15, -0.1) is 0 Å². The highest BCUT2D eigenvalue weighted by Gasteiger charge is 2.13. The summed E-state index contributed by atoms with van der Waals surface area (Å²) in [6.45, 7) is 5.88. The van der Waals surface area contributed by atoms with E-state index in [4.69, 9.17) is 14.2 Å². The van der Waals surface area contributed by atoms with Crippen LogP contribution in [-0.2, 0) is 4.74 Å². The highest BCUT2D eigenvalue weighted by molar-refractivity contribution is 5.55. The highest BCUT2D eigenvalue weighted by atomic mass is 16.7. The first kappa shape index (κ1) is 14.0. The number of rotatable bonds is 7. The van der Waals surface area contributed by atoms with Crippen LogP contribution in [0.15, 0.2) is 18.2 Å². The Kier molecular flexibility index (Phi) is 4.87. The maximum absolute atomic E-state index is 9.77. The molecule has 0 aromatic heterocycles. The summed E-state index contributed by atoms with van der Waals surface area (Å²) in [4.78, 5) is 0. The lowest BCUT2D eigenvalue weighted by atomic mass is 10.2. The van der Waals surface area contributed by atoms with Crippen molar-refractivity contribution >= 4 is 5.69 Å². The number of anilines is 1. The maximum Gasteiger partial charge on any atom is 0.231 e. The molecule has 5 nitrogen and oxygen atoms in total. The average Bonchev–Trinajstić information content (AvgIpc) is 2.83. The van der Waals surface area contributed by atoms with Gasteiger partial charge in [-0.25, -0.2) is 0 Å². The van der Waals surface area contributed by atoms with E-state index in [1.165, 1.54) is 0 Å². The van der Waals surface area contributed by atoms with E-state index in [2.05, 4.69) is 19.2 Å². The van der Waals surface area contributed by atoms with Crippen molar-refractivity contribution in [3.05, 3.63) is 18.2 Å². The van der Waals surface area contributed by atoms with Crippen molar-refractivity contribution in [1.29, 1.82) is 0 Å². The summed E-state index contributed by atoms with van der Waals surface area (Å²) in [5, 5.41) is 12.9. The van der Waals surface area contributed by atoms with Crippen LogP contribution in [0.25, 0.3) is 0 Å². The number of benzene rings is 1. The second-order valence-electron chi connectivity index (χ2n) is 5.03. The monoisotopic (exact) mass is 267 g/mol. The van der Waals surface area contributed by atoms with E-state index in [1.54, 1.807) is 0 Å². The molecule has 2 rings (SSSR count). The Morgan fingerprint density at radius 1 is 1.26 bits per heavy atom. The fourth-order valence-corrected chi connectivity index (χ4v) is 1.74. The van der Waals surface area contributed by atoms with E-state index < -0.39 is 6.10 Å². The third-order valence-electron chi connectivity index (χ3n) is 2.68. The number of aliphatic hydroxyl groups is 1. The highest BCUT2D eigenvalue weighted by Crippen LogP contribution is 2.34. The number of hydrogen-bond donors (Lipinski definition) is 2. The molecule has 0 saturated heterocycles. The molecule has 1 aliphatic rings. The number of ether oxygens (including phenoxy) is 3. The van der Waals surface area contributed by atoms with Crippen molar-refractivity contribution in [3.8, 4) is 11.5 Å². The SMILES string of the molecule is CC(C)COCC(O)CNc1ccc2c(c1)OCO2. The van der Waals surface area contributed by atoms with Crippen LogP contribution in [0, 0.1) is 5.92 Å². The molecule has 1 aromatic rings. The maximum atomic E-state index is 9.77. The third-order valence-corrected chi connectivity index (χ3v) is 2.68. The van der Waals surface area contributed by atoms with Crippen LogP contribution in [-0.4, -0.2) is 37.8 Å². The van der Waals surface area contributed by atoms with Crippen LogP contribution in [0.5, 0.6) is 11.5 Å². The van der Waals surface area contributed by atoms with E-state index in [-0.39, 0.29) is 6.79 Å². The minimum Gasteiger partial charge on any atom is -0.454 e. The second kappa shape index (κ2) is 6.63. The van der Waals surface area contributed by atoms with Crippen LogP contribution >= 0.6 is 0 Å². The zero-order chi connectivity index (χ0) is 13.7. The molecule has 106 valence electrons. The van der Waals surface area contributed by atoms with Gasteiger partial charge in [0.05, 0.1) is 12.7 Å². The number of nitrogens with one attached hydrogen (secondary N) is 1. The predicted octanol–water partition coefficient (Wildman–Crippen LogP) is 1.86. The molecule has 0 aliphatic carbocycles. The van der Waals surface area contributed by atoms with E-state index in [9.17, 15) is 5.11 Å². The van der Waals surface area contributed by atoms with Gasteiger partial charge in [0.2, 0.25) is 6.79 Å². The Bertz CT molecular complexity index is 408. The predicted molar refractivity (Wildman–Crippen MR) is 72.7 cm³/mol. The van der Waals surface area contributed by atoms with Gasteiger partial charge in [0.15, 0.2) is 11.5 Å². The van der Waals surface area contributed by atoms with Crippen LogP contribution in [0.3, 0.4) is 0 Å². The van der Waals surface area contributed by atoms with Gasteiger partial charge in [-0.1, -0.05) is 13.8 Å². The second-order valence-corrected chi connectivity index (χ2v) is 5.03. The van der Waals surface area contributed by atoms with E-state index >= 15 is 0 Å². The Labute approximate surface area is 113 Å². The Morgan fingerprint density at radius 3 is 2.84 bits per heavy atom. The van der Waals surface area contributed by atoms with Gasteiger partial charge in [0.1, 0.15) is 0 Å². The van der Waals surface area contributed by atoms with Crippen molar-refractivity contribution in [3.63, 3.8) is 0 Å². The molecule has 1 unspecified atom stereocenters. The van der Waals surface area contributed by atoms with Gasteiger partial charge in [-0.2, -0.15) is 0 Å². The van der Waals surface area contributed by atoms with Crippen LogP contribution in [0.1, 0.15) is 13.8 Å². The molecular formula is C14H21NO4. The lowest BCUT2D eigenvalue weighted by molar-refractivity contribution is 0.0318. The molecule has 1 aliphatic heterocycles. The minimum absolute atomic E-state index is 0.268. The van der Waals surface area contributed by atoms with Crippen molar-refractivity contribution in [1.82, 2.24) is 0 Å². The lowest BCUT2D eigenvalue weighted by Gasteiger charge is -2.14. The van der Waals surface area contributed by atoms with E-state index in [1.807, 2.05) is 18.2 Å². The fourth-order valence-electron chi connectivity index (χ4n) is 1.74. The van der Waals surface area contributed by atoms with Crippen molar-refractivity contribution in [2.24, 2.45) is 5.92 Å². The van der Waals surface area contributed by atoms with Crippen LogP contribution in [0.2, 0.25) is 0 Å². The fraction of sp³-hybridized carbons (Fsp3) is 0.571. The summed E-state index contributed by atoms with van der Waals surface area (Å²) in [6, 6.07) is 5.62. The normalized spacial score (nSPS) is 14.7. The van der Waals surface area contributed by atoms with E-state index in [0.29, 0.717) is 25.7 Å². The Balaban J connectivity index is 1.73. The first-order chi connectivity index (χ1) is 9.15. The molecule has 1 aromatic carbocycles. The summed E-state index contributed by atoms with van der Waals surface area (Å²) in [6.07, 6.45) is -0.524. The van der Waals surface area contributed by atoms with Gasteiger partial charge in [-0.3, -0.25) is 0 Å². The number of aliphatic hydroxyl groups excluding tert-OH is 1. The molecule has 0 saturated carbocycles. The zero-order valence-electron chi connectivity index (χ0n) is 11.4. The molecule has 0 radical (unpaired) electrons. The molecule has 0 bridgehead atoms. The smallest absolute Gasteiger partial charge is 0.231 e. The number of hydrogen-bond acceptors (Lipinski definition) is 5. The van der Waals surface area contributed by atoms with Gasteiger partial charge in [0.25, 0.3) is 0 Å². The summed E-state index contributed by atoms with van der Waals surface area (Å²) in [7, 11) is 0. The number of fused-ring (bicyclic) bond motifs is 1. The Morgan fingerprint density at radius 2 is 2.05 bits per heavy atom. The summed E-state index contributed by atoms with van der Waals surface area (Å²) < 4.78 is 15.9. The van der Waals surface area contributed by atoms with Crippen molar-refractivity contribution in [2.45, 2.75) is 20.0 Å². The summed E-state index contributed by atoms with van der Waals surface area (Å²) in [5.74, 6) is 1.97. The standard InChI is InChI=1S/C14H21NO4/c1-10(2)7-17-8-12(16)6-15-11-3-4-13-14(5-11)19-9-18-13/h3-5,10,12,15-16H,6-9H2,1-2H3. The lowest BCUT2D eigenvalue weighted by Crippen LogP contribution is -2.25. The van der Waals surface area contributed by atoms with E-state index in [0.717, 1.165) is 17.2 Å². The van der Waals surface area contributed by atoms with Gasteiger partial charge < -0.3 is 24.6 Å². The van der Waals surface area contributed by atoms with Gasteiger partial charge >= 0.3 is 0 Å². The van der Waals surface area contributed by atoms with Crippen LogP contribution < -0.4 is 14.8 Å². The minimum atomic E-state index is -0.524. The first-order valence-electron chi connectivity index (χ1n) is 6.54. The zero-order valence-corrected chi connectivity index (χ0v) is 11.4. The van der Waals surface area contributed by atoms with Crippen LogP contribution in [0.4, 0.5) is 5.69 Å². The van der Waals surface area contributed by atoms with Gasteiger partial charge in [-0.05, 0) is 18.1 Å². The summed E-state index contributed by atoms with van der Waals surface area (Å²) >= 11 is 0. The Hall–Kier alpha value is -1.46. The molecule has 2 N–H and O–H groups in total. The quantitative estimate of drug-likeness (QED) is 0.789. The molecule has 0 amide bonds. The average molecular weight is 267 g/mol. The molecule has 19 heavy (non-hydrogen) atoms. The molecular weight excluding hydrogens is 246 g/mol. The van der Waals surface area contributed by atoms with Crippen molar-refractivity contribution < 1.29 is 19.3 Å². The third kappa shape index (κ3) is 4.29. The summed E-state index contributed by atoms with van der Waals surface area (Å²) in [5.41, 5.74) is 0.896. The molecule has 0 spiro atoms. The topological polar surface area (TPSA) is 60.0 Å².